The molecule has 2 saturated heterocycles. The number of hydrogen-bond donors (Lipinski definition) is 1. The molecule has 2 bridgehead atoms. The number of anilines is 2. The first-order valence-electron chi connectivity index (χ1n) is 11.1. The third kappa shape index (κ3) is 3.96. The van der Waals surface area contributed by atoms with Gasteiger partial charge in [-0.25, -0.2) is 13.4 Å². The van der Waals surface area contributed by atoms with Crippen LogP contribution in [-0.2, 0) is 10.0 Å². The molecule has 8 heteroatoms. The van der Waals surface area contributed by atoms with E-state index in [1.165, 1.54) is 0 Å². The number of aryl methyl sites for hydroxylation is 1. The molecule has 1 N–H and O–H groups in total. The van der Waals surface area contributed by atoms with Gasteiger partial charge in [0.2, 0.25) is 0 Å². The summed E-state index contributed by atoms with van der Waals surface area (Å²) in [5.74, 6) is 1.01. The lowest BCUT2D eigenvalue weighted by Gasteiger charge is -2.41. The summed E-state index contributed by atoms with van der Waals surface area (Å²) in [4.78, 5) is 9.59. The summed E-state index contributed by atoms with van der Waals surface area (Å²) in [7, 11) is -1.67. The number of nitrogens with zero attached hydrogens (tertiary/aromatic N) is 4. The van der Waals surface area contributed by atoms with E-state index in [9.17, 15) is 13.7 Å². The van der Waals surface area contributed by atoms with E-state index in [-0.39, 0.29) is 4.90 Å². The number of pyridine rings is 1. The molecule has 3 heterocycles. The zero-order valence-corrected chi connectivity index (χ0v) is 20.2. The predicted octanol–water partition coefficient (Wildman–Crippen LogP) is 3.78. The monoisotopic (exact) mass is 453 g/mol. The molecular weight excluding hydrogens is 422 g/mol. The molecule has 2 aliphatic heterocycles. The van der Waals surface area contributed by atoms with Crippen LogP contribution in [0.1, 0.15) is 55.0 Å². The largest absolute Gasteiger partial charge is 0.347 e. The van der Waals surface area contributed by atoms with Crippen molar-refractivity contribution in [3.8, 4) is 6.07 Å². The normalized spacial score (nSPS) is 21.1. The van der Waals surface area contributed by atoms with Crippen molar-refractivity contribution in [2.24, 2.45) is 0 Å². The Bertz CT molecular complexity index is 1150. The van der Waals surface area contributed by atoms with Gasteiger partial charge in [0.1, 0.15) is 11.9 Å². The Morgan fingerprint density at radius 2 is 1.72 bits per heavy atom. The number of fused-ring (bicyclic) bond motifs is 2. The molecule has 0 saturated carbocycles. The van der Waals surface area contributed by atoms with Crippen molar-refractivity contribution in [1.82, 2.24) is 9.88 Å². The number of rotatable bonds is 5. The highest BCUT2D eigenvalue weighted by atomic mass is 32.2. The van der Waals surface area contributed by atoms with E-state index in [4.69, 9.17) is 4.98 Å². The van der Waals surface area contributed by atoms with Crippen LogP contribution >= 0.6 is 0 Å². The smallest absolute Gasteiger partial charge is 0.261 e. The number of benzene rings is 1. The summed E-state index contributed by atoms with van der Waals surface area (Å²) in [5, 5.41) is 9.98. The molecule has 4 rings (SSSR count). The van der Waals surface area contributed by atoms with Crippen LogP contribution < -0.4 is 9.62 Å². The van der Waals surface area contributed by atoms with Crippen LogP contribution in [0.3, 0.4) is 0 Å². The van der Waals surface area contributed by atoms with Crippen molar-refractivity contribution >= 4 is 21.5 Å². The number of sulfonamides is 1. The van der Waals surface area contributed by atoms with Crippen molar-refractivity contribution < 1.29 is 8.42 Å². The van der Waals surface area contributed by atoms with Crippen LogP contribution in [0.2, 0.25) is 0 Å². The van der Waals surface area contributed by atoms with Crippen LogP contribution in [0, 0.1) is 25.2 Å². The zero-order valence-electron chi connectivity index (χ0n) is 19.4. The molecule has 32 heavy (non-hydrogen) atoms. The fourth-order valence-corrected chi connectivity index (χ4v) is 6.17. The summed E-state index contributed by atoms with van der Waals surface area (Å²) in [6.07, 6.45) is 2.17. The maximum atomic E-state index is 13.1. The third-order valence-corrected chi connectivity index (χ3v) is 8.09. The van der Waals surface area contributed by atoms with Gasteiger partial charge in [0.15, 0.2) is 0 Å². The number of piperazine rings is 1. The molecule has 1 aromatic heterocycles. The summed E-state index contributed by atoms with van der Waals surface area (Å²) < 4.78 is 28.9. The number of nitriles is 1. The van der Waals surface area contributed by atoms with E-state index in [0.29, 0.717) is 46.3 Å². The second-order valence-corrected chi connectivity index (χ2v) is 11.0. The number of hydrogen-bond acceptors (Lipinski definition) is 6. The highest BCUT2D eigenvalue weighted by Crippen LogP contribution is 2.38. The van der Waals surface area contributed by atoms with E-state index in [2.05, 4.69) is 41.5 Å². The van der Waals surface area contributed by atoms with Crippen molar-refractivity contribution in [2.45, 2.75) is 63.4 Å². The van der Waals surface area contributed by atoms with E-state index < -0.39 is 10.0 Å². The molecule has 2 aromatic rings. The van der Waals surface area contributed by atoms with Gasteiger partial charge in [0, 0.05) is 25.2 Å². The van der Waals surface area contributed by atoms with E-state index in [0.717, 1.165) is 31.5 Å². The van der Waals surface area contributed by atoms with Gasteiger partial charge in [0.05, 0.1) is 21.8 Å². The van der Waals surface area contributed by atoms with Crippen LogP contribution in [0.15, 0.2) is 29.2 Å². The van der Waals surface area contributed by atoms with E-state index in [1.807, 2.05) is 12.1 Å². The lowest BCUT2D eigenvalue weighted by molar-refractivity contribution is 0.263. The fourth-order valence-electron chi connectivity index (χ4n) is 4.99. The van der Waals surface area contributed by atoms with Gasteiger partial charge >= 0.3 is 0 Å². The molecule has 2 fully saturated rings. The van der Waals surface area contributed by atoms with Gasteiger partial charge in [-0.05, 0) is 62.9 Å². The standard InChI is InChI=1S/C24H31N5O2S/c1-15(2)18-6-10-21(11-7-18)32(30,31)27-23-16(3)22(12-25)24(26-17(23)4)29-19-8-9-20(29)14-28(5)13-19/h6-7,10-11,15,19-20,27H,8-9,13-14H2,1-5H3. The van der Waals surface area contributed by atoms with Crippen molar-refractivity contribution in [2.75, 3.05) is 29.8 Å². The van der Waals surface area contributed by atoms with Gasteiger partial charge < -0.3 is 9.80 Å². The average Bonchev–Trinajstić information content (AvgIpc) is 3.01. The minimum absolute atomic E-state index is 0.195. The Kier molecular flexibility index (Phi) is 5.91. The second-order valence-electron chi connectivity index (χ2n) is 9.35. The molecule has 0 spiro atoms. The second kappa shape index (κ2) is 8.38. The molecule has 0 amide bonds. The fraction of sp³-hybridized carbons (Fsp3) is 0.500. The SMILES string of the molecule is Cc1nc(N2C3CCC2CN(C)C3)c(C#N)c(C)c1NS(=O)(=O)c1ccc(C(C)C)cc1. The molecule has 170 valence electrons. The molecular formula is C24H31N5O2S. The van der Waals surface area contributed by atoms with Crippen LogP contribution in [-0.4, -0.2) is 50.5 Å². The third-order valence-electron chi connectivity index (χ3n) is 6.72. The maximum absolute atomic E-state index is 13.1. The first-order valence-corrected chi connectivity index (χ1v) is 12.6. The maximum Gasteiger partial charge on any atom is 0.261 e. The average molecular weight is 454 g/mol. The summed E-state index contributed by atoms with van der Waals surface area (Å²) in [6, 6.07) is 9.89. The Morgan fingerprint density at radius 1 is 1.12 bits per heavy atom. The lowest BCUT2D eigenvalue weighted by Crippen LogP contribution is -2.53. The highest BCUT2D eigenvalue weighted by Gasteiger charge is 2.41. The van der Waals surface area contributed by atoms with Crippen molar-refractivity contribution in [3.63, 3.8) is 0 Å². The van der Waals surface area contributed by atoms with Gasteiger partial charge in [-0.2, -0.15) is 5.26 Å². The van der Waals surface area contributed by atoms with Gasteiger partial charge in [0.25, 0.3) is 10.0 Å². The minimum Gasteiger partial charge on any atom is -0.347 e. The molecule has 1 aromatic carbocycles. The minimum atomic E-state index is -3.80. The molecule has 2 atom stereocenters. The van der Waals surface area contributed by atoms with E-state index in [1.54, 1.807) is 26.0 Å². The summed E-state index contributed by atoms with van der Waals surface area (Å²) >= 11 is 0. The summed E-state index contributed by atoms with van der Waals surface area (Å²) in [6.45, 7) is 9.63. The molecule has 7 nitrogen and oxygen atoms in total. The van der Waals surface area contributed by atoms with Crippen LogP contribution in [0.4, 0.5) is 11.5 Å². The van der Waals surface area contributed by atoms with Crippen LogP contribution in [0.25, 0.3) is 0 Å². The first kappa shape index (κ1) is 22.6. The first-order chi connectivity index (χ1) is 15.1. The van der Waals surface area contributed by atoms with Crippen LogP contribution in [0.5, 0.6) is 0 Å². The Balaban J connectivity index is 1.70. The Labute approximate surface area is 191 Å². The zero-order chi connectivity index (χ0) is 23.2. The number of aromatic nitrogens is 1. The van der Waals surface area contributed by atoms with Crippen molar-refractivity contribution in [3.05, 3.63) is 46.6 Å². The molecule has 0 radical (unpaired) electrons. The number of likely N-dealkylation sites (N-methyl/N-ethyl adjacent to an activating group) is 1. The number of nitrogens with one attached hydrogen (secondary N) is 1. The predicted molar refractivity (Wildman–Crippen MR) is 127 cm³/mol. The van der Waals surface area contributed by atoms with Gasteiger partial charge in [-0.1, -0.05) is 26.0 Å². The Morgan fingerprint density at radius 3 is 2.25 bits per heavy atom. The molecule has 0 aliphatic carbocycles. The molecule has 2 aliphatic rings. The number of likely N-dealkylation sites (tertiary alicyclic amines) is 1. The van der Waals surface area contributed by atoms with Crippen molar-refractivity contribution in [1.29, 1.82) is 5.26 Å². The highest BCUT2D eigenvalue weighted by molar-refractivity contribution is 7.92. The summed E-state index contributed by atoms with van der Waals surface area (Å²) in [5.41, 5.74) is 3.12. The molecule has 2 unspecified atom stereocenters. The Hall–Kier alpha value is -2.63. The quantitative estimate of drug-likeness (QED) is 0.741. The lowest BCUT2D eigenvalue weighted by atomic mass is 10.0. The topological polar surface area (TPSA) is 89.3 Å². The van der Waals surface area contributed by atoms with Gasteiger partial charge in [-0.3, -0.25) is 4.72 Å². The van der Waals surface area contributed by atoms with E-state index >= 15 is 0 Å². The van der Waals surface area contributed by atoms with Gasteiger partial charge in [-0.15, -0.1) is 0 Å².